The second-order valence-electron chi connectivity index (χ2n) is 5.27. The topological polar surface area (TPSA) is 105 Å². The van der Waals surface area contributed by atoms with E-state index in [-0.39, 0.29) is 0 Å². The quantitative estimate of drug-likeness (QED) is 0.575. The van der Waals surface area contributed by atoms with E-state index in [1.165, 1.54) is 10.5 Å². The van der Waals surface area contributed by atoms with Crippen molar-refractivity contribution in [2.75, 3.05) is 21.3 Å². The van der Waals surface area contributed by atoms with Gasteiger partial charge in [-0.3, -0.25) is 0 Å². The van der Waals surface area contributed by atoms with Crippen molar-refractivity contribution in [2.24, 2.45) is 0 Å². The van der Waals surface area contributed by atoms with Gasteiger partial charge in [-0.2, -0.15) is 0 Å². The summed E-state index contributed by atoms with van der Waals surface area (Å²) in [7, 11) is 5.29. The summed E-state index contributed by atoms with van der Waals surface area (Å²) in [5.41, 5.74) is 1.28. The van der Waals surface area contributed by atoms with Crippen LogP contribution in [0.5, 0.6) is 11.5 Å². The number of hydrogen-bond donors (Lipinski definition) is 3. The minimum atomic E-state index is -1.26. The SMILES string of the molecule is CNCc1ccccc1Sc1ccc(OC)cc1OC.O=C(O)C=CC(=O)O. The number of methoxy groups -OCH3 is 2. The highest BCUT2D eigenvalue weighted by atomic mass is 32.2. The molecule has 0 spiro atoms. The molecule has 2 rings (SSSR count). The zero-order valence-corrected chi connectivity index (χ0v) is 16.7. The van der Waals surface area contributed by atoms with Crippen LogP contribution in [0.15, 0.2) is 64.4 Å². The van der Waals surface area contributed by atoms with E-state index in [1.807, 2.05) is 25.2 Å². The maximum atomic E-state index is 9.55. The normalized spacial score (nSPS) is 10.1. The molecule has 28 heavy (non-hydrogen) atoms. The summed E-state index contributed by atoms with van der Waals surface area (Å²) >= 11 is 1.70. The first-order valence-electron chi connectivity index (χ1n) is 8.17. The van der Waals surface area contributed by atoms with Crippen LogP contribution in [0.2, 0.25) is 0 Å². The number of rotatable bonds is 8. The van der Waals surface area contributed by atoms with Gasteiger partial charge in [-0.1, -0.05) is 30.0 Å². The van der Waals surface area contributed by atoms with Crippen LogP contribution >= 0.6 is 11.8 Å². The summed E-state index contributed by atoms with van der Waals surface area (Å²) in [5, 5.41) is 18.8. The summed E-state index contributed by atoms with van der Waals surface area (Å²) in [4.78, 5) is 21.4. The van der Waals surface area contributed by atoms with Gasteiger partial charge in [0.2, 0.25) is 0 Å². The van der Waals surface area contributed by atoms with Crippen LogP contribution in [0, 0.1) is 0 Å². The zero-order valence-electron chi connectivity index (χ0n) is 15.8. The third-order valence-corrected chi connectivity index (χ3v) is 4.47. The van der Waals surface area contributed by atoms with Gasteiger partial charge in [0.05, 0.1) is 19.1 Å². The van der Waals surface area contributed by atoms with E-state index >= 15 is 0 Å². The second-order valence-corrected chi connectivity index (χ2v) is 6.35. The van der Waals surface area contributed by atoms with Gasteiger partial charge in [-0.25, -0.2) is 9.59 Å². The maximum absolute atomic E-state index is 9.55. The van der Waals surface area contributed by atoms with Crippen LogP contribution in [0.1, 0.15) is 5.56 Å². The Balaban J connectivity index is 0.000000416. The molecule has 0 amide bonds. The largest absolute Gasteiger partial charge is 0.497 e. The van der Waals surface area contributed by atoms with E-state index < -0.39 is 11.9 Å². The molecule has 0 atom stereocenters. The molecular weight excluding hydrogens is 382 g/mol. The minimum absolute atomic E-state index is 0.558. The molecular formula is C20H23NO6S. The zero-order chi connectivity index (χ0) is 20.9. The van der Waals surface area contributed by atoms with Crippen LogP contribution in [0.3, 0.4) is 0 Å². The molecule has 0 aromatic heterocycles. The molecule has 0 aliphatic carbocycles. The Bertz CT molecular complexity index is 806. The second kappa shape index (κ2) is 12.4. The van der Waals surface area contributed by atoms with Gasteiger partial charge in [-0.05, 0) is 30.8 Å². The number of carboxylic acids is 2. The number of hydrogen-bond acceptors (Lipinski definition) is 6. The van der Waals surface area contributed by atoms with Gasteiger partial charge in [0, 0.05) is 29.7 Å². The summed E-state index contributed by atoms with van der Waals surface area (Å²) in [6.45, 7) is 0.849. The third kappa shape index (κ3) is 8.15. The van der Waals surface area contributed by atoms with Gasteiger partial charge < -0.3 is 25.0 Å². The Kier molecular flexibility index (Phi) is 10.2. The molecule has 0 aliphatic rings. The number of benzene rings is 2. The van der Waals surface area contributed by atoms with Gasteiger partial charge in [0.25, 0.3) is 0 Å². The monoisotopic (exact) mass is 405 g/mol. The lowest BCUT2D eigenvalue weighted by Crippen LogP contribution is -2.05. The highest BCUT2D eigenvalue weighted by Gasteiger charge is 2.09. The molecule has 3 N–H and O–H groups in total. The van der Waals surface area contributed by atoms with Gasteiger partial charge in [0.15, 0.2) is 0 Å². The Labute approximate surface area is 168 Å². The molecule has 0 saturated carbocycles. The minimum Gasteiger partial charge on any atom is -0.497 e. The molecule has 0 unspecified atom stereocenters. The first-order valence-corrected chi connectivity index (χ1v) is 8.99. The molecule has 0 fully saturated rings. The van der Waals surface area contributed by atoms with Crippen molar-refractivity contribution in [1.29, 1.82) is 0 Å². The molecule has 0 heterocycles. The van der Waals surface area contributed by atoms with E-state index in [9.17, 15) is 9.59 Å². The number of aliphatic carboxylic acids is 2. The summed E-state index contributed by atoms with van der Waals surface area (Å²) in [5.74, 6) is -0.886. The summed E-state index contributed by atoms with van der Waals surface area (Å²) in [6.07, 6.45) is 1.12. The van der Waals surface area contributed by atoms with Crippen molar-refractivity contribution >= 4 is 23.7 Å². The van der Waals surface area contributed by atoms with Crippen molar-refractivity contribution in [3.8, 4) is 11.5 Å². The summed E-state index contributed by atoms with van der Waals surface area (Å²) < 4.78 is 10.7. The summed E-state index contributed by atoms with van der Waals surface area (Å²) in [6, 6.07) is 14.3. The van der Waals surface area contributed by atoms with Gasteiger partial charge >= 0.3 is 11.9 Å². The highest BCUT2D eigenvalue weighted by molar-refractivity contribution is 7.99. The number of carboxylic acid groups (broad SMARTS) is 2. The predicted octanol–water partition coefficient (Wildman–Crippen LogP) is 3.29. The lowest BCUT2D eigenvalue weighted by molar-refractivity contribution is -0.134. The lowest BCUT2D eigenvalue weighted by atomic mass is 10.2. The molecule has 7 nitrogen and oxygen atoms in total. The molecule has 8 heteroatoms. The van der Waals surface area contributed by atoms with E-state index in [1.54, 1.807) is 26.0 Å². The van der Waals surface area contributed by atoms with Crippen molar-refractivity contribution in [3.05, 3.63) is 60.2 Å². The maximum Gasteiger partial charge on any atom is 0.328 e. The van der Waals surface area contributed by atoms with Crippen LogP contribution in [-0.4, -0.2) is 43.4 Å². The van der Waals surface area contributed by atoms with Crippen molar-refractivity contribution in [3.63, 3.8) is 0 Å². The standard InChI is InChI=1S/C16H19NO2S.C4H4O4/c1-17-11-12-6-4-5-7-15(12)20-16-9-8-13(18-2)10-14(16)19-3;5-3(6)1-2-4(7)8/h4-10,17H,11H2,1-3H3;1-2H,(H,5,6)(H,7,8). The predicted molar refractivity (Wildman–Crippen MR) is 107 cm³/mol. The van der Waals surface area contributed by atoms with Crippen molar-refractivity contribution in [2.45, 2.75) is 16.3 Å². The highest BCUT2D eigenvalue weighted by Crippen LogP contribution is 2.38. The Hall–Kier alpha value is -2.97. The number of ether oxygens (including phenoxy) is 2. The Morgan fingerprint density at radius 1 is 1.00 bits per heavy atom. The first-order chi connectivity index (χ1) is 13.4. The van der Waals surface area contributed by atoms with Crippen molar-refractivity contribution < 1.29 is 29.3 Å². The molecule has 150 valence electrons. The fourth-order valence-electron chi connectivity index (χ4n) is 2.06. The van der Waals surface area contributed by atoms with E-state index in [4.69, 9.17) is 19.7 Å². The number of carbonyl (C=O) groups is 2. The third-order valence-electron chi connectivity index (χ3n) is 3.30. The average molecular weight is 405 g/mol. The molecule has 0 bridgehead atoms. The fraction of sp³-hybridized carbons (Fsp3) is 0.200. The lowest BCUT2D eigenvalue weighted by Gasteiger charge is -2.12. The van der Waals surface area contributed by atoms with Gasteiger partial charge in [-0.15, -0.1) is 0 Å². The first kappa shape index (κ1) is 23.1. The fourth-order valence-corrected chi connectivity index (χ4v) is 3.09. The van der Waals surface area contributed by atoms with Crippen LogP contribution in [0.4, 0.5) is 0 Å². The Morgan fingerprint density at radius 3 is 2.18 bits per heavy atom. The van der Waals surface area contributed by atoms with Crippen LogP contribution < -0.4 is 14.8 Å². The average Bonchev–Trinajstić information content (AvgIpc) is 2.69. The smallest absolute Gasteiger partial charge is 0.328 e. The van der Waals surface area contributed by atoms with E-state index in [0.29, 0.717) is 12.2 Å². The molecule has 2 aromatic carbocycles. The molecule has 0 radical (unpaired) electrons. The van der Waals surface area contributed by atoms with Crippen LogP contribution in [-0.2, 0) is 16.1 Å². The van der Waals surface area contributed by atoms with E-state index in [0.717, 1.165) is 22.9 Å². The van der Waals surface area contributed by atoms with Gasteiger partial charge in [0.1, 0.15) is 11.5 Å². The molecule has 2 aromatic rings. The van der Waals surface area contributed by atoms with E-state index in [2.05, 4.69) is 29.6 Å². The van der Waals surface area contributed by atoms with Crippen molar-refractivity contribution in [1.82, 2.24) is 5.32 Å². The molecule has 0 saturated heterocycles. The Morgan fingerprint density at radius 2 is 1.64 bits per heavy atom. The molecule has 0 aliphatic heterocycles. The van der Waals surface area contributed by atoms with Crippen LogP contribution in [0.25, 0.3) is 0 Å². The number of nitrogens with one attached hydrogen (secondary N) is 1.